The average molecular weight is 491 g/mol. The van der Waals surface area contributed by atoms with Gasteiger partial charge in [0.05, 0.1) is 32.3 Å². The second-order valence-electron chi connectivity index (χ2n) is 9.47. The molecule has 8 rings (SSSR count). The first-order valence-corrected chi connectivity index (χ1v) is 13.3. The Morgan fingerprint density at radius 2 is 1.00 bits per heavy atom. The Morgan fingerprint density at radius 1 is 0.432 bits per heavy atom. The number of nitrogens with zero attached hydrogens (tertiary/aromatic N) is 2. The van der Waals surface area contributed by atoms with E-state index in [1.807, 2.05) is 11.5 Å². The third kappa shape index (κ3) is 3.05. The molecule has 3 aromatic heterocycles. The number of aromatic nitrogens is 2. The molecule has 37 heavy (non-hydrogen) atoms. The lowest BCUT2D eigenvalue weighted by Crippen LogP contribution is -1.87. The van der Waals surface area contributed by atoms with E-state index in [9.17, 15) is 0 Å². The van der Waals surface area contributed by atoms with Crippen molar-refractivity contribution in [1.82, 2.24) is 8.19 Å². The van der Waals surface area contributed by atoms with E-state index in [4.69, 9.17) is 0 Å². The van der Waals surface area contributed by atoms with Crippen molar-refractivity contribution in [2.24, 2.45) is 0 Å². The summed E-state index contributed by atoms with van der Waals surface area (Å²) in [6.45, 7) is 0. The Morgan fingerprint density at radius 3 is 1.70 bits per heavy atom. The van der Waals surface area contributed by atoms with Crippen molar-refractivity contribution >= 4 is 54.6 Å². The molecule has 0 N–H and O–H groups in total. The van der Waals surface area contributed by atoms with E-state index in [-0.39, 0.29) is 0 Å². The zero-order valence-corrected chi connectivity index (χ0v) is 20.8. The summed E-state index contributed by atoms with van der Waals surface area (Å²) < 4.78 is 6.15. The first-order valence-electron chi connectivity index (χ1n) is 12.5. The van der Waals surface area contributed by atoms with Gasteiger partial charge in [-0.3, -0.25) is 3.79 Å². The minimum absolute atomic E-state index is 1.21. The molecule has 0 saturated heterocycles. The zero-order chi connectivity index (χ0) is 24.3. The Labute approximate surface area is 218 Å². The molecule has 0 atom stereocenters. The Kier molecular flexibility index (Phi) is 4.42. The summed E-state index contributed by atoms with van der Waals surface area (Å²) in [5.74, 6) is 0. The Balaban J connectivity index is 1.63. The summed E-state index contributed by atoms with van der Waals surface area (Å²) in [7, 11) is 0. The van der Waals surface area contributed by atoms with Crippen molar-refractivity contribution in [2.45, 2.75) is 0 Å². The van der Waals surface area contributed by atoms with Crippen LogP contribution in [0.5, 0.6) is 0 Å². The van der Waals surface area contributed by atoms with E-state index in [0.717, 1.165) is 0 Å². The molecule has 0 aliphatic heterocycles. The third-order valence-electron chi connectivity index (χ3n) is 7.33. The van der Waals surface area contributed by atoms with Gasteiger partial charge in [0.2, 0.25) is 0 Å². The van der Waals surface area contributed by atoms with Crippen LogP contribution in [-0.4, -0.2) is 8.19 Å². The second-order valence-corrected chi connectivity index (χ2v) is 10.5. The molecular weight excluding hydrogens is 468 g/mol. The van der Waals surface area contributed by atoms with Gasteiger partial charge in [-0.2, -0.15) is 0 Å². The predicted molar refractivity (Wildman–Crippen MR) is 158 cm³/mol. The number of hydrogen-bond donors (Lipinski definition) is 0. The van der Waals surface area contributed by atoms with Crippen LogP contribution in [0.2, 0.25) is 0 Å². The van der Waals surface area contributed by atoms with Gasteiger partial charge < -0.3 is 4.40 Å². The van der Waals surface area contributed by atoms with Crippen LogP contribution in [0.3, 0.4) is 0 Å². The SMILES string of the molecule is c1ccc(-c2cccc3cc4c5cc6cccc(-c7ccccc7)c6n5c5ccccc5sn4c23)cc1. The number of rotatable bonds is 2. The van der Waals surface area contributed by atoms with E-state index < -0.39 is 0 Å². The Hall–Kier alpha value is -4.60. The first-order chi connectivity index (χ1) is 18.4. The molecular formula is C34H22N2S. The molecule has 3 heterocycles. The maximum Gasteiger partial charge on any atom is 0.0814 e. The lowest BCUT2D eigenvalue weighted by atomic mass is 10.0. The van der Waals surface area contributed by atoms with Crippen molar-refractivity contribution < 1.29 is 0 Å². The molecule has 3 heteroatoms. The van der Waals surface area contributed by atoms with Crippen molar-refractivity contribution in [2.75, 3.05) is 0 Å². The summed E-state index contributed by atoms with van der Waals surface area (Å²) in [6.07, 6.45) is 0. The molecule has 5 aromatic carbocycles. The smallest absolute Gasteiger partial charge is 0.0814 e. The monoisotopic (exact) mass is 490 g/mol. The molecule has 0 bridgehead atoms. The van der Waals surface area contributed by atoms with Gasteiger partial charge in [0, 0.05) is 21.9 Å². The van der Waals surface area contributed by atoms with E-state index in [0.29, 0.717) is 0 Å². The van der Waals surface area contributed by atoms with Crippen LogP contribution in [0.25, 0.3) is 65.3 Å². The third-order valence-corrected chi connectivity index (χ3v) is 8.44. The van der Waals surface area contributed by atoms with Crippen LogP contribution >= 0.6 is 11.5 Å². The molecule has 0 amide bonds. The topological polar surface area (TPSA) is 8.82 Å². The Bertz CT molecular complexity index is 2130. The van der Waals surface area contributed by atoms with E-state index in [1.54, 1.807) is 0 Å². The second kappa shape index (κ2) is 7.95. The highest BCUT2D eigenvalue weighted by molar-refractivity contribution is 7.13. The molecule has 0 aliphatic carbocycles. The van der Waals surface area contributed by atoms with Gasteiger partial charge >= 0.3 is 0 Å². The fourth-order valence-electron chi connectivity index (χ4n) is 5.72. The molecule has 0 radical (unpaired) electrons. The molecule has 0 spiro atoms. The van der Waals surface area contributed by atoms with Gasteiger partial charge in [-0.25, -0.2) is 0 Å². The minimum Gasteiger partial charge on any atom is -0.306 e. The van der Waals surface area contributed by atoms with Gasteiger partial charge in [0.25, 0.3) is 0 Å². The van der Waals surface area contributed by atoms with Crippen molar-refractivity contribution in [3.63, 3.8) is 0 Å². The van der Waals surface area contributed by atoms with Gasteiger partial charge in [0.15, 0.2) is 0 Å². The van der Waals surface area contributed by atoms with Crippen molar-refractivity contribution in [1.29, 1.82) is 0 Å². The average Bonchev–Trinajstić information content (AvgIpc) is 3.49. The van der Waals surface area contributed by atoms with Crippen LogP contribution in [0, 0.1) is 0 Å². The summed E-state index contributed by atoms with van der Waals surface area (Å²) in [6, 6.07) is 48.2. The van der Waals surface area contributed by atoms with E-state index >= 15 is 0 Å². The zero-order valence-electron chi connectivity index (χ0n) is 20.0. The molecule has 8 aromatic rings. The lowest BCUT2D eigenvalue weighted by Gasteiger charge is -2.07. The molecule has 2 nitrogen and oxygen atoms in total. The van der Waals surface area contributed by atoms with Gasteiger partial charge in [-0.15, -0.1) is 0 Å². The first kappa shape index (κ1) is 20.6. The molecule has 0 aliphatic rings. The van der Waals surface area contributed by atoms with E-state index in [1.165, 1.54) is 65.3 Å². The lowest BCUT2D eigenvalue weighted by molar-refractivity contribution is 1.34. The quantitative estimate of drug-likeness (QED) is 0.228. The highest BCUT2D eigenvalue weighted by Crippen LogP contribution is 2.39. The maximum atomic E-state index is 2.47. The number of benzene rings is 5. The summed E-state index contributed by atoms with van der Waals surface area (Å²) in [4.78, 5) is 0. The van der Waals surface area contributed by atoms with Crippen LogP contribution in [0.4, 0.5) is 0 Å². The van der Waals surface area contributed by atoms with Crippen LogP contribution in [0.1, 0.15) is 0 Å². The standard InChI is InChI=1S/C34H22N2S/c1-3-11-23(12-4-1)27-17-9-15-25-21-30-31-22-26-16-10-18-28(24-13-5-2-6-14-24)34(26)36(31)37-32-20-8-7-19-29(32)35(30)33(25)27/h1-22H. The number of para-hydroxylation sites is 3. The number of fused-ring (bicyclic) bond motifs is 9. The van der Waals surface area contributed by atoms with Crippen LogP contribution in [-0.2, 0) is 0 Å². The molecule has 174 valence electrons. The highest BCUT2D eigenvalue weighted by Gasteiger charge is 2.17. The van der Waals surface area contributed by atoms with Crippen LogP contribution in [0.15, 0.2) is 133 Å². The molecule has 0 unspecified atom stereocenters. The summed E-state index contributed by atoms with van der Waals surface area (Å²) in [5.41, 5.74) is 11.1. The van der Waals surface area contributed by atoms with Crippen molar-refractivity contribution in [3.8, 4) is 22.3 Å². The van der Waals surface area contributed by atoms with Gasteiger partial charge in [-0.1, -0.05) is 121 Å². The van der Waals surface area contributed by atoms with Crippen LogP contribution < -0.4 is 0 Å². The molecule has 0 saturated carbocycles. The number of hydrogen-bond acceptors (Lipinski definition) is 1. The fourth-order valence-corrected chi connectivity index (χ4v) is 6.85. The van der Waals surface area contributed by atoms with Gasteiger partial charge in [0.1, 0.15) is 0 Å². The van der Waals surface area contributed by atoms with Gasteiger partial charge in [-0.05, 0) is 35.4 Å². The predicted octanol–water partition coefficient (Wildman–Crippen LogP) is 9.61. The van der Waals surface area contributed by atoms with E-state index in [2.05, 4.69) is 142 Å². The summed E-state index contributed by atoms with van der Waals surface area (Å²) >= 11 is 1.82. The highest BCUT2D eigenvalue weighted by atomic mass is 32.1. The maximum absolute atomic E-state index is 2.47. The largest absolute Gasteiger partial charge is 0.306 e. The fraction of sp³-hybridized carbons (Fsp3) is 0. The van der Waals surface area contributed by atoms with Crippen molar-refractivity contribution in [3.05, 3.63) is 133 Å². The molecule has 0 fully saturated rings. The minimum atomic E-state index is 1.21. The summed E-state index contributed by atoms with van der Waals surface area (Å²) in [5, 5.41) is 2.50. The normalized spacial score (nSPS) is 11.8.